The van der Waals surface area contributed by atoms with Crippen LogP contribution in [0.4, 0.5) is 5.69 Å². The van der Waals surface area contributed by atoms with E-state index in [-0.39, 0.29) is 18.6 Å². The third-order valence-electron chi connectivity index (χ3n) is 4.21. The first-order valence-corrected chi connectivity index (χ1v) is 8.43. The van der Waals surface area contributed by atoms with Crippen molar-refractivity contribution in [2.75, 3.05) is 11.9 Å². The first-order valence-electron chi connectivity index (χ1n) is 8.43. The molecule has 0 fully saturated rings. The summed E-state index contributed by atoms with van der Waals surface area (Å²) in [6, 6.07) is 7.83. The lowest BCUT2D eigenvalue weighted by Crippen LogP contribution is -2.21. The summed E-state index contributed by atoms with van der Waals surface area (Å²) in [5, 5.41) is 2.77. The number of carbonyl (C=O) groups excluding carboxylic acids is 2. The van der Waals surface area contributed by atoms with Crippen LogP contribution in [-0.4, -0.2) is 23.1 Å². The Morgan fingerprint density at radius 1 is 1.12 bits per heavy atom. The summed E-state index contributed by atoms with van der Waals surface area (Å²) in [5.74, 6) is -0.825. The lowest BCUT2D eigenvalue weighted by Gasteiger charge is -2.13. The largest absolute Gasteiger partial charge is 0.452 e. The van der Waals surface area contributed by atoms with Gasteiger partial charge < -0.3 is 14.6 Å². The molecule has 0 saturated heterocycles. The molecule has 0 aliphatic rings. The fourth-order valence-corrected chi connectivity index (χ4v) is 3.13. The number of hydrogen-bond donors (Lipinski definition) is 1. The van der Waals surface area contributed by atoms with Crippen molar-refractivity contribution in [2.45, 2.75) is 47.6 Å². The molecule has 134 valence electrons. The highest BCUT2D eigenvalue weighted by atomic mass is 16.5. The van der Waals surface area contributed by atoms with Crippen LogP contribution in [0.5, 0.6) is 0 Å². The number of nitrogens with zero attached hydrogens (tertiary/aromatic N) is 1. The second-order valence-corrected chi connectivity index (χ2v) is 6.69. The molecule has 1 amide bonds. The third-order valence-corrected chi connectivity index (χ3v) is 4.21. The lowest BCUT2D eigenvalue weighted by atomic mass is 10.1. The number of amides is 1. The third kappa shape index (κ3) is 4.29. The molecule has 0 spiro atoms. The molecular formula is C20H26N2O3. The minimum Gasteiger partial charge on any atom is -0.452 e. The van der Waals surface area contributed by atoms with E-state index in [1.165, 1.54) is 0 Å². The SMILES string of the molecule is Cc1ccc(NC(=O)COC(=O)c2cc(C)n(C(C)C)c2C)c(C)c1. The van der Waals surface area contributed by atoms with Gasteiger partial charge in [-0.3, -0.25) is 4.79 Å². The standard InChI is InChI=1S/C20H26N2O3/c1-12(2)22-15(5)10-17(16(22)6)20(24)25-11-19(23)21-18-8-7-13(3)9-14(18)4/h7-10,12H,11H2,1-6H3,(H,21,23). The van der Waals surface area contributed by atoms with Gasteiger partial charge in [0.25, 0.3) is 5.91 Å². The predicted molar refractivity (Wildman–Crippen MR) is 99.1 cm³/mol. The van der Waals surface area contributed by atoms with Crippen molar-refractivity contribution in [1.29, 1.82) is 0 Å². The van der Waals surface area contributed by atoms with Gasteiger partial charge in [-0.15, -0.1) is 0 Å². The highest BCUT2D eigenvalue weighted by Gasteiger charge is 2.19. The molecule has 5 heteroatoms. The Morgan fingerprint density at radius 3 is 2.36 bits per heavy atom. The number of rotatable bonds is 5. The van der Waals surface area contributed by atoms with Crippen LogP contribution in [0.2, 0.25) is 0 Å². The zero-order chi connectivity index (χ0) is 18.7. The molecule has 25 heavy (non-hydrogen) atoms. The second-order valence-electron chi connectivity index (χ2n) is 6.69. The van der Waals surface area contributed by atoms with Gasteiger partial charge in [0, 0.05) is 23.1 Å². The van der Waals surface area contributed by atoms with Gasteiger partial charge in [0.2, 0.25) is 0 Å². The normalized spacial score (nSPS) is 10.8. The molecule has 0 unspecified atom stereocenters. The molecule has 0 atom stereocenters. The quantitative estimate of drug-likeness (QED) is 0.832. The van der Waals surface area contributed by atoms with E-state index in [0.717, 1.165) is 28.2 Å². The summed E-state index contributed by atoms with van der Waals surface area (Å²) in [5.41, 5.74) is 5.18. The Hall–Kier alpha value is -2.56. The van der Waals surface area contributed by atoms with Gasteiger partial charge in [-0.1, -0.05) is 17.7 Å². The summed E-state index contributed by atoms with van der Waals surface area (Å²) in [6.07, 6.45) is 0. The topological polar surface area (TPSA) is 60.3 Å². The first-order chi connectivity index (χ1) is 11.7. The van der Waals surface area contributed by atoms with Crippen LogP contribution in [0.25, 0.3) is 0 Å². The van der Waals surface area contributed by atoms with Crippen molar-refractivity contribution >= 4 is 17.6 Å². The first kappa shape index (κ1) is 18.8. The molecular weight excluding hydrogens is 316 g/mol. The van der Waals surface area contributed by atoms with Gasteiger partial charge >= 0.3 is 5.97 Å². The number of hydrogen-bond acceptors (Lipinski definition) is 3. The zero-order valence-corrected chi connectivity index (χ0v) is 15.8. The second kappa shape index (κ2) is 7.55. The molecule has 1 aromatic carbocycles. The van der Waals surface area contributed by atoms with Gasteiger partial charge in [0.1, 0.15) is 0 Å². The summed E-state index contributed by atoms with van der Waals surface area (Å²) in [7, 11) is 0. The maximum absolute atomic E-state index is 12.3. The van der Waals surface area contributed by atoms with E-state index in [9.17, 15) is 9.59 Å². The van der Waals surface area contributed by atoms with Crippen LogP contribution in [0, 0.1) is 27.7 Å². The summed E-state index contributed by atoms with van der Waals surface area (Å²) < 4.78 is 7.27. The van der Waals surface area contributed by atoms with Crippen LogP contribution >= 0.6 is 0 Å². The van der Waals surface area contributed by atoms with Crippen molar-refractivity contribution in [3.8, 4) is 0 Å². The number of nitrogens with one attached hydrogen (secondary N) is 1. The van der Waals surface area contributed by atoms with Crippen molar-refractivity contribution in [2.24, 2.45) is 0 Å². The minimum absolute atomic E-state index is 0.259. The molecule has 1 heterocycles. The number of aromatic nitrogens is 1. The average Bonchev–Trinajstić information content (AvgIpc) is 2.82. The van der Waals surface area contributed by atoms with E-state index in [1.54, 1.807) is 6.07 Å². The van der Waals surface area contributed by atoms with E-state index in [2.05, 4.69) is 23.7 Å². The van der Waals surface area contributed by atoms with E-state index in [1.807, 2.05) is 45.9 Å². The van der Waals surface area contributed by atoms with Crippen LogP contribution in [0.15, 0.2) is 24.3 Å². The predicted octanol–water partition coefficient (Wildman–Crippen LogP) is 4.10. The number of esters is 1. The van der Waals surface area contributed by atoms with E-state index in [0.29, 0.717) is 5.56 Å². The maximum atomic E-state index is 12.3. The summed E-state index contributed by atoms with van der Waals surface area (Å²) in [4.78, 5) is 24.4. The van der Waals surface area contributed by atoms with Crippen molar-refractivity contribution in [3.63, 3.8) is 0 Å². The van der Waals surface area contributed by atoms with Crippen molar-refractivity contribution < 1.29 is 14.3 Å². The molecule has 0 saturated carbocycles. The molecule has 0 aliphatic carbocycles. The minimum atomic E-state index is -0.476. The van der Waals surface area contributed by atoms with E-state index in [4.69, 9.17) is 4.74 Å². The van der Waals surface area contributed by atoms with Crippen molar-refractivity contribution in [1.82, 2.24) is 4.57 Å². The van der Waals surface area contributed by atoms with Gasteiger partial charge in [-0.25, -0.2) is 4.79 Å². The lowest BCUT2D eigenvalue weighted by molar-refractivity contribution is -0.119. The fourth-order valence-electron chi connectivity index (χ4n) is 3.13. The van der Waals surface area contributed by atoms with Gasteiger partial charge in [0.05, 0.1) is 5.56 Å². The summed E-state index contributed by atoms with van der Waals surface area (Å²) in [6.45, 7) is 11.6. The number of aryl methyl sites for hydroxylation is 3. The monoisotopic (exact) mass is 342 g/mol. The van der Waals surface area contributed by atoms with Crippen LogP contribution < -0.4 is 5.32 Å². The Labute approximate surface area is 149 Å². The Bertz CT molecular complexity index is 804. The van der Waals surface area contributed by atoms with E-state index < -0.39 is 5.97 Å². The maximum Gasteiger partial charge on any atom is 0.340 e. The Morgan fingerprint density at radius 2 is 1.80 bits per heavy atom. The molecule has 2 rings (SSSR count). The summed E-state index contributed by atoms with van der Waals surface area (Å²) >= 11 is 0. The fraction of sp³-hybridized carbons (Fsp3) is 0.400. The smallest absolute Gasteiger partial charge is 0.340 e. The molecule has 0 aliphatic heterocycles. The molecule has 5 nitrogen and oxygen atoms in total. The van der Waals surface area contributed by atoms with Gasteiger partial charge in [-0.05, 0) is 59.2 Å². The Balaban J connectivity index is 2.00. The van der Waals surface area contributed by atoms with Crippen molar-refractivity contribution in [3.05, 3.63) is 52.3 Å². The molecule has 1 N–H and O–H groups in total. The molecule has 2 aromatic rings. The Kier molecular flexibility index (Phi) is 5.67. The van der Waals surface area contributed by atoms with Gasteiger partial charge in [-0.2, -0.15) is 0 Å². The zero-order valence-electron chi connectivity index (χ0n) is 15.8. The number of ether oxygens (including phenoxy) is 1. The molecule has 0 bridgehead atoms. The highest BCUT2D eigenvalue weighted by Crippen LogP contribution is 2.21. The van der Waals surface area contributed by atoms with Crippen LogP contribution in [0.1, 0.15) is 52.8 Å². The van der Waals surface area contributed by atoms with Crippen LogP contribution in [-0.2, 0) is 9.53 Å². The average molecular weight is 342 g/mol. The molecule has 1 aromatic heterocycles. The number of benzene rings is 1. The number of carbonyl (C=O) groups is 2. The van der Waals surface area contributed by atoms with Crippen LogP contribution in [0.3, 0.4) is 0 Å². The molecule has 0 radical (unpaired) electrons. The number of anilines is 1. The van der Waals surface area contributed by atoms with Gasteiger partial charge in [0.15, 0.2) is 6.61 Å². The highest BCUT2D eigenvalue weighted by molar-refractivity contribution is 5.96. The van der Waals surface area contributed by atoms with E-state index >= 15 is 0 Å².